The van der Waals surface area contributed by atoms with Gasteiger partial charge in [0.1, 0.15) is 0 Å². The Morgan fingerprint density at radius 3 is 2.72 bits per heavy atom. The van der Waals surface area contributed by atoms with Gasteiger partial charge in [0.2, 0.25) is 0 Å². The molecule has 0 aliphatic heterocycles. The molecule has 1 aliphatic rings. The zero-order valence-corrected chi connectivity index (χ0v) is 11.9. The van der Waals surface area contributed by atoms with Gasteiger partial charge in [0.15, 0.2) is 0 Å². The minimum Gasteiger partial charge on any atom is -0.516 e. The van der Waals surface area contributed by atoms with Crippen LogP contribution in [0.3, 0.4) is 0 Å². The molecule has 0 spiro atoms. The van der Waals surface area contributed by atoms with E-state index in [1.54, 1.807) is 7.11 Å². The fraction of sp³-hybridized carbons (Fsp3) is 0.533. The third-order valence-electron chi connectivity index (χ3n) is 3.46. The third kappa shape index (κ3) is 3.86. The normalized spacial score (nSPS) is 16.6. The maximum atomic E-state index is 5.30. The summed E-state index contributed by atoms with van der Waals surface area (Å²) in [5, 5.41) is 0. The van der Waals surface area contributed by atoms with E-state index in [2.05, 4.69) is 18.0 Å². The van der Waals surface area contributed by atoms with Crippen molar-refractivity contribution < 1.29 is 21.8 Å². The summed E-state index contributed by atoms with van der Waals surface area (Å²) in [6.07, 6.45) is 8.45. The topological polar surface area (TPSA) is 21.6 Å². The van der Waals surface area contributed by atoms with Crippen LogP contribution in [0.25, 0.3) is 0 Å². The van der Waals surface area contributed by atoms with Crippen molar-refractivity contribution in [1.29, 1.82) is 0 Å². The van der Waals surface area contributed by atoms with Gasteiger partial charge in [-0.1, -0.05) is 38.0 Å². The van der Waals surface area contributed by atoms with Crippen LogP contribution in [0.2, 0.25) is 0 Å². The number of benzene rings is 1. The predicted octanol–water partition coefficient (Wildman–Crippen LogP) is 3.55. The van der Waals surface area contributed by atoms with E-state index in [4.69, 9.17) is 4.74 Å². The van der Waals surface area contributed by atoms with Gasteiger partial charge in [-0.15, -0.1) is 23.8 Å². The molecule has 1 aliphatic carbocycles. The van der Waals surface area contributed by atoms with Gasteiger partial charge < -0.3 is 9.73 Å². The van der Waals surface area contributed by atoms with Crippen LogP contribution in [0.5, 0.6) is 5.75 Å². The average Bonchev–Trinajstić information content (AvgIpc) is 2.39. The van der Waals surface area contributed by atoms with E-state index in [0.717, 1.165) is 16.9 Å². The Labute approximate surface area is 120 Å². The van der Waals surface area contributed by atoms with Crippen LogP contribution in [0, 0.1) is 13.0 Å². The minimum atomic E-state index is 0. The maximum absolute atomic E-state index is 5.30. The monoisotopic (exact) mass is 293 g/mol. The fourth-order valence-electron chi connectivity index (χ4n) is 2.34. The van der Waals surface area contributed by atoms with Crippen molar-refractivity contribution in [2.24, 2.45) is 4.99 Å². The second-order valence-electron chi connectivity index (χ2n) is 4.65. The smallest absolute Gasteiger partial charge is 0.516 e. The van der Waals surface area contributed by atoms with Crippen LogP contribution in [0.4, 0.5) is 0 Å². The Kier molecular flexibility index (Phi) is 6.45. The van der Waals surface area contributed by atoms with Crippen LogP contribution in [0.15, 0.2) is 17.1 Å². The van der Waals surface area contributed by atoms with E-state index in [1.165, 1.54) is 32.1 Å². The van der Waals surface area contributed by atoms with E-state index in [0.29, 0.717) is 6.04 Å². The Morgan fingerprint density at radius 2 is 2.06 bits per heavy atom. The Morgan fingerprint density at radius 1 is 1.33 bits per heavy atom. The Balaban J connectivity index is 0.00000162. The number of hydrogen-bond acceptors (Lipinski definition) is 2. The standard InChI is InChI=1S/C15H20NO.Cu/c1-12-13(7-6-10-15(12)17-2)11-16-14-8-4-3-5-9-14;/h6,10-11,14H,3-5,8-9H2,1-2H3;/q-1;+1. The molecule has 0 atom stereocenters. The summed E-state index contributed by atoms with van der Waals surface area (Å²) in [5.74, 6) is 0.911. The van der Waals surface area contributed by atoms with Crippen molar-refractivity contribution in [3.05, 3.63) is 29.3 Å². The average molecular weight is 294 g/mol. The molecule has 102 valence electrons. The molecule has 0 saturated heterocycles. The van der Waals surface area contributed by atoms with Crippen LogP contribution in [-0.2, 0) is 17.1 Å². The maximum Gasteiger partial charge on any atom is 1.00 e. The van der Waals surface area contributed by atoms with Crippen molar-refractivity contribution in [3.8, 4) is 5.75 Å². The molecular weight excluding hydrogens is 274 g/mol. The Bertz CT molecular complexity index is 397. The van der Waals surface area contributed by atoms with E-state index in [-0.39, 0.29) is 17.1 Å². The molecule has 1 fully saturated rings. The van der Waals surface area contributed by atoms with E-state index >= 15 is 0 Å². The molecule has 0 heterocycles. The molecule has 2 nitrogen and oxygen atoms in total. The van der Waals surface area contributed by atoms with Crippen molar-refractivity contribution in [1.82, 2.24) is 0 Å². The second kappa shape index (κ2) is 7.60. The van der Waals surface area contributed by atoms with Crippen LogP contribution in [0.1, 0.15) is 43.2 Å². The summed E-state index contributed by atoms with van der Waals surface area (Å²) < 4.78 is 5.30. The van der Waals surface area contributed by atoms with Crippen LogP contribution < -0.4 is 4.74 Å². The summed E-state index contributed by atoms with van der Waals surface area (Å²) in [7, 11) is 1.70. The predicted molar refractivity (Wildman–Crippen MR) is 71.0 cm³/mol. The summed E-state index contributed by atoms with van der Waals surface area (Å²) in [6, 6.07) is 7.57. The van der Waals surface area contributed by atoms with Gasteiger partial charge in [-0.3, -0.25) is 0 Å². The zero-order valence-electron chi connectivity index (χ0n) is 11.0. The molecule has 18 heavy (non-hydrogen) atoms. The van der Waals surface area contributed by atoms with Crippen molar-refractivity contribution in [3.63, 3.8) is 0 Å². The molecule has 0 radical (unpaired) electrons. The molecule has 1 aromatic carbocycles. The molecule has 3 heteroatoms. The Hall–Kier alpha value is -0.791. The first kappa shape index (κ1) is 15.3. The van der Waals surface area contributed by atoms with Gasteiger partial charge >= 0.3 is 17.1 Å². The van der Waals surface area contributed by atoms with E-state index in [1.807, 2.05) is 18.3 Å². The summed E-state index contributed by atoms with van der Waals surface area (Å²) in [6.45, 7) is 2.05. The summed E-state index contributed by atoms with van der Waals surface area (Å²) >= 11 is 0. The van der Waals surface area contributed by atoms with Gasteiger partial charge in [0.25, 0.3) is 0 Å². The first-order valence-electron chi connectivity index (χ1n) is 6.39. The minimum absolute atomic E-state index is 0. The molecule has 2 rings (SSSR count). The molecular formula is C15H20CuNO. The molecule has 0 aromatic heterocycles. The SMILES string of the molecule is COc1cc[c-]c(C=NC2CCCCC2)c1C.[Cu+]. The van der Waals surface area contributed by atoms with Crippen molar-refractivity contribution >= 4 is 6.21 Å². The third-order valence-corrected chi connectivity index (χ3v) is 3.46. The fourth-order valence-corrected chi connectivity index (χ4v) is 2.34. The molecule has 0 unspecified atom stereocenters. The van der Waals surface area contributed by atoms with Gasteiger partial charge in [0.05, 0.1) is 7.11 Å². The second-order valence-corrected chi connectivity index (χ2v) is 4.65. The first-order valence-corrected chi connectivity index (χ1v) is 6.39. The quantitative estimate of drug-likeness (QED) is 0.474. The number of aliphatic imine (C=N–C) groups is 1. The van der Waals surface area contributed by atoms with Gasteiger partial charge in [-0.2, -0.15) is 0 Å². The van der Waals surface area contributed by atoms with Crippen molar-refractivity contribution in [2.75, 3.05) is 7.11 Å². The number of rotatable bonds is 3. The van der Waals surface area contributed by atoms with E-state index < -0.39 is 0 Å². The van der Waals surface area contributed by atoms with Gasteiger partial charge in [-0.05, 0) is 12.8 Å². The summed E-state index contributed by atoms with van der Waals surface area (Å²) in [5.41, 5.74) is 2.17. The van der Waals surface area contributed by atoms with Gasteiger partial charge in [0, 0.05) is 11.8 Å². The van der Waals surface area contributed by atoms with Crippen LogP contribution >= 0.6 is 0 Å². The molecule has 1 saturated carbocycles. The zero-order chi connectivity index (χ0) is 12.1. The summed E-state index contributed by atoms with van der Waals surface area (Å²) in [4.78, 5) is 4.68. The molecule has 1 aromatic rings. The number of nitrogens with zero attached hydrogens (tertiary/aromatic N) is 1. The molecule has 0 N–H and O–H groups in total. The molecule has 0 amide bonds. The molecule has 0 bridgehead atoms. The van der Waals surface area contributed by atoms with Crippen molar-refractivity contribution in [2.45, 2.75) is 45.1 Å². The first-order chi connectivity index (χ1) is 8.31. The van der Waals surface area contributed by atoms with E-state index in [9.17, 15) is 0 Å². The number of hydrogen-bond donors (Lipinski definition) is 0. The van der Waals surface area contributed by atoms with Crippen LogP contribution in [-0.4, -0.2) is 19.4 Å². The number of methoxy groups -OCH3 is 1. The number of ether oxygens (including phenoxy) is 1. The van der Waals surface area contributed by atoms with Gasteiger partial charge in [-0.25, -0.2) is 0 Å². The largest absolute Gasteiger partial charge is 1.00 e.